The van der Waals surface area contributed by atoms with Gasteiger partial charge in [0, 0.05) is 35.1 Å². The van der Waals surface area contributed by atoms with Gasteiger partial charge in [0.1, 0.15) is 0 Å². The monoisotopic (exact) mass is 506 g/mol. The molecule has 9 nitrogen and oxygen atoms in total. The summed E-state index contributed by atoms with van der Waals surface area (Å²) in [6.45, 7) is 1.63. The number of nitrogens with zero attached hydrogens (tertiary/aromatic N) is 5. The summed E-state index contributed by atoms with van der Waals surface area (Å²) in [7, 11) is 0. The largest absolute Gasteiger partial charge is 0.454 e. The van der Waals surface area contributed by atoms with Gasteiger partial charge < -0.3 is 14.5 Å². The number of hydrogen-bond acceptors (Lipinski definition) is 7. The molecule has 2 aromatic carbocycles. The van der Waals surface area contributed by atoms with Gasteiger partial charge in [-0.25, -0.2) is 4.68 Å². The van der Waals surface area contributed by atoms with E-state index in [4.69, 9.17) is 21.1 Å². The molecule has 0 bridgehead atoms. The Balaban J connectivity index is 1.32. The lowest BCUT2D eigenvalue weighted by atomic mass is 9.95. The van der Waals surface area contributed by atoms with E-state index in [-0.39, 0.29) is 12.4 Å². The van der Waals surface area contributed by atoms with Gasteiger partial charge in [-0.2, -0.15) is 0 Å². The second kappa shape index (κ2) is 9.91. The van der Waals surface area contributed by atoms with Crippen molar-refractivity contribution in [3.63, 3.8) is 0 Å². The molecule has 0 saturated heterocycles. The van der Waals surface area contributed by atoms with Crippen LogP contribution in [-0.4, -0.2) is 36.9 Å². The summed E-state index contributed by atoms with van der Waals surface area (Å²) < 4.78 is 13.0. The molecule has 0 atom stereocenters. The van der Waals surface area contributed by atoms with Gasteiger partial charge in [-0.1, -0.05) is 49.1 Å². The third kappa shape index (κ3) is 4.68. The second-order valence-corrected chi connectivity index (χ2v) is 9.89. The molecule has 1 fully saturated rings. The first-order chi connectivity index (χ1) is 17.6. The normalized spacial score (nSPS) is 15.7. The number of tetrazole rings is 1. The summed E-state index contributed by atoms with van der Waals surface area (Å²) in [6.07, 6.45) is 5.82. The Morgan fingerprint density at radius 1 is 1.00 bits per heavy atom. The Bertz CT molecular complexity index is 1450. The molecular formula is C26H27ClN6O3. The molecule has 36 heavy (non-hydrogen) atoms. The molecule has 186 valence electrons. The summed E-state index contributed by atoms with van der Waals surface area (Å²) in [5, 5.41) is 14.3. The maximum atomic E-state index is 13.1. The van der Waals surface area contributed by atoms with Gasteiger partial charge in [-0.05, 0) is 47.0 Å². The van der Waals surface area contributed by atoms with Gasteiger partial charge in [0.2, 0.25) is 6.79 Å². The highest BCUT2D eigenvalue weighted by Gasteiger charge is 2.23. The average Bonchev–Trinajstić information content (AvgIpc) is 3.54. The molecular weight excluding hydrogens is 480 g/mol. The van der Waals surface area contributed by atoms with Crippen LogP contribution in [0.1, 0.15) is 55.1 Å². The Morgan fingerprint density at radius 2 is 1.78 bits per heavy atom. The van der Waals surface area contributed by atoms with E-state index in [0.717, 1.165) is 29.6 Å². The number of pyridine rings is 1. The van der Waals surface area contributed by atoms with Crippen molar-refractivity contribution in [3.05, 3.63) is 74.8 Å². The van der Waals surface area contributed by atoms with Gasteiger partial charge in [-0.3, -0.25) is 9.69 Å². The van der Waals surface area contributed by atoms with E-state index in [1.807, 2.05) is 47.1 Å². The number of aromatic amines is 1. The highest BCUT2D eigenvalue weighted by Crippen LogP contribution is 2.35. The fourth-order valence-electron chi connectivity index (χ4n) is 5.16. The summed E-state index contributed by atoms with van der Waals surface area (Å²) in [5.74, 6) is 2.12. The summed E-state index contributed by atoms with van der Waals surface area (Å²) in [4.78, 5) is 18.2. The zero-order chi connectivity index (χ0) is 24.5. The molecule has 4 aromatic rings. The van der Waals surface area contributed by atoms with Crippen LogP contribution in [-0.2, 0) is 19.6 Å². The quantitative estimate of drug-likeness (QED) is 0.391. The van der Waals surface area contributed by atoms with Crippen molar-refractivity contribution < 1.29 is 9.47 Å². The van der Waals surface area contributed by atoms with Crippen molar-refractivity contribution in [2.45, 2.75) is 57.8 Å². The smallest absolute Gasteiger partial charge is 0.252 e. The maximum Gasteiger partial charge on any atom is 0.252 e. The molecule has 1 N–H and O–H groups in total. The van der Waals surface area contributed by atoms with Crippen LogP contribution in [0.3, 0.4) is 0 Å². The van der Waals surface area contributed by atoms with Gasteiger partial charge in [-0.15, -0.1) is 5.10 Å². The number of ether oxygens (including phenoxy) is 2. The van der Waals surface area contributed by atoms with Gasteiger partial charge in [0.25, 0.3) is 5.56 Å². The number of benzene rings is 2. The molecule has 10 heteroatoms. The zero-order valence-electron chi connectivity index (χ0n) is 19.8. The molecule has 1 aliphatic carbocycles. The topological polar surface area (TPSA) is 98.2 Å². The lowest BCUT2D eigenvalue weighted by Crippen LogP contribution is -2.29. The predicted octanol–water partition coefficient (Wildman–Crippen LogP) is 4.60. The first kappa shape index (κ1) is 23.0. The van der Waals surface area contributed by atoms with E-state index in [2.05, 4.69) is 25.4 Å². The van der Waals surface area contributed by atoms with Crippen LogP contribution >= 0.6 is 11.6 Å². The van der Waals surface area contributed by atoms with Crippen molar-refractivity contribution >= 4 is 22.5 Å². The minimum Gasteiger partial charge on any atom is -0.454 e. The number of hydrogen-bond donors (Lipinski definition) is 1. The van der Waals surface area contributed by atoms with E-state index < -0.39 is 0 Å². The molecule has 0 amide bonds. The van der Waals surface area contributed by atoms with Crippen molar-refractivity contribution in [1.82, 2.24) is 30.1 Å². The highest BCUT2D eigenvalue weighted by molar-refractivity contribution is 6.31. The number of aromatic nitrogens is 5. The Kier molecular flexibility index (Phi) is 6.33. The van der Waals surface area contributed by atoms with Gasteiger partial charge >= 0.3 is 0 Å². The number of rotatable bonds is 7. The van der Waals surface area contributed by atoms with Crippen molar-refractivity contribution in [1.29, 1.82) is 0 Å². The molecule has 3 heterocycles. The van der Waals surface area contributed by atoms with Crippen molar-refractivity contribution in [2.24, 2.45) is 0 Å². The molecule has 0 spiro atoms. The van der Waals surface area contributed by atoms with Crippen LogP contribution in [0.25, 0.3) is 10.9 Å². The van der Waals surface area contributed by atoms with Crippen LogP contribution < -0.4 is 15.0 Å². The van der Waals surface area contributed by atoms with E-state index in [1.165, 1.54) is 19.3 Å². The first-order valence-corrected chi connectivity index (χ1v) is 12.7. The van der Waals surface area contributed by atoms with Crippen molar-refractivity contribution in [2.75, 3.05) is 6.79 Å². The average molecular weight is 507 g/mol. The van der Waals surface area contributed by atoms with Crippen LogP contribution in [0, 0.1) is 0 Å². The maximum absolute atomic E-state index is 13.1. The minimum absolute atomic E-state index is 0.141. The van der Waals surface area contributed by atoms with Crippen LogP contribution in [0.5, 0.6) is 11.5 Å². The number of nitrogens with one attached hydrogen (secondary N) is 1. The Morgan fingerprint density at radius 3 is 2.61 bits per heavy atom. The van der Waals surface area contributed by atoms with Crippen LogP contribution in [0.2, 0.25) is 5.02 Å². The number of halogens is 1. The van der Waals surface area contributed by atoms with Crippen LogP contribution in [0.15, 0.2) is 47.3 Å². The fourth-order valence-corrected chi connectivity index (χ4v) is 5.36. The number of fused-ring (bicyclic) bond motifs is 2. The van der Waals surface area contributed by atoms with E-state index in [9.17, 15) is 4.79 Å². The third-order valence-corrected chi connectivity index (χ3v) is 7.38. The van der Waals surface area contributed by atoms with Crippen molar-refractivity contribution in [3.8, 4) is 11.5 Å². The van der Waals surface area contributed by atoms with Crippen LogP contribution in [0.4, 0.5) is 0 Å². The Labute approximate surface area is 213 Å². The molecule has 1 saturated carbocycles. The predicted molar refractivity (Wildman–Crippen MR) is 135 cm³/mol. The Hall–Kier alpha value is -3.43. The van der Waals surface area contributed by atoms with Gasteiger partial charge in [0.15, 0.2) is 17.3 Å². The standard InChI is InChI=1S/C26H27ClN6O3/c27-21-9-5-4-6-17(21)13-32(15-25-29-30-31-33(25)20-7-2-1-3-8-20)14-19-10-18-11-23-24(36-16-35-23)12-22(18)28-26(19)34/h4-6,9-12,20H,1-3,7-8,13-16H2,(H,28,34). The summed E-state index contributed by atoms with van der Waals surface area (Å²) in [5.41, 5.74) is 2.20. The van der Waals surface area contributed by atoms with E-state index in [0.29, 0.717) is 53.3 Å². The molecule has 2 aliphatic rings. The summed E-state index contributed by atoms with van der Waals surface area (Å²) in [6, 6.07) is 13.7. The molecule has 2 aromatic heterocycles. The third-order valence-electron chi connectivity index (χ3n) is 7.01. The zero-order valence-corrected chi connectivity index (χ0v) is 20.6. The number of H-pyrrole nitrogens is 1. The van der Waals surface area contributed by atoms with Gasteiger partial charge in [0.05, 0.1) is 18.1 Å². The van der Waals surface area contributed by atoms with E-state index >= 15 is 0 Å². The lowest BCUT2D eigenvalue weighted by molar-refractivity contribution is 0.174. The molecule has 6 rings (SSSR count). The summed E-state index contributed by atoms with van der Waals surface area (Å²) >= 11 is 6.50. The SMILES string of the molecule is O=c1[nH]c2cc3c(cc2cc1CN(Cc1ccccc1Cl)Cc1nnnn1C1CCCCC1)OCO3. The lowest BCUT2D eigenvalue weighted by Gasteiger charge is -2.25. The fraction of sp³-hybridized carbons (Fsp3) is 0.385. The highest BCUT2D eigenvalue weighted by atomic mass is 35.5. The first-order valence-electron chi connectivity index (χ1n) is 12.3. The molecule has 0 unspecified atom stereocenters. The second-order valence-electron chi connectivity index (χ2n) is 9.48. The van der Waals surface area contributed by atoms with E-state index in [1.54, 1.807) is 0 Å². The molecule has 0 radical (unpaired) electrons. The minimum atomic E-state index is -0.141. The molecule has 1 aliphatic heterocycles.